The van der Waals surface area contributed by atoms with Gasteiger partial charge in [-0.15, -0.1) is 0 Å². The number of nitrogens with one attached hydrogen (secondary N) is 1. The van der Waals surface area contributed by atoms with Crippen LogP contribution in [0.5, 0.6) is 0 Å². The second-order valence-electron chi connectivity index (χ2n) is 7.02. The molecule has 2 aromatic carbocycles. The molecule has 1 unspecified atom stereocenters. The van der Waals surface area contributed by atoms with Crippen LogP contribution < -0.4 is 16.6 Å². The van der Waals surface area contributed by atoms with Crippen LogP contribution in [0.1, 0.15) is 16.4 Å². The van der Waals surface area contributed by atoms with Crippen molar-refractivity contribution < 1.29 is 9.59 Å². The summed E-state index contributed by atoms with van der Waals surface area (Å²) in [6, 6.07) is 15.6. The first-order valence-corrected chi connectivity index (χ1v) is 9.48. The average Bonchev–Trinajstić information content (AvgIpc) is 3.22. The van der Waals surface area contributed by atoms with Crippen molar-refractivity contribution in [3.05, 3.63) is 93.4 Å². The molecule has 2 heterocycles. The van der Waals surface area contributed by atoms with Crippen molar-refractivity contribution in [2.24, 2.45) is 14.1 Å². The van der Waals surface area contributed by atoms with Gasteiger partial charge in [0.15, 0.2) is 23.0 Å². The lowest BCUT2D eigenvalue weighted by Crippen LogP contribution is -2.39. The van der Waals surface area contributed by atoms with Gasteiger partial charge in [-0.3, -0.25) is 23.5 Å². The monoisotopic (exact) mass is 417 g/mol. The highest BCUT2D eigenvalue weighted by atomic mass is 16.2. The number of aryl methyl sites for hydroxylation is 1. The van der Waals surface area contributed by atoms with Gasteiger partial charge < -0.3 is 9.88 Å². The van der Waals surface area contributed by atoms with Gasteiger partial charge in [0.05, 0.1) is 6.33 Å². The Kier molecular flexibility index (Phi) is 5.08. The van der Waals surface area contributed by atoms with Crippen LogP contribution in [0.15, 0.2) is 76.6 Å². The fraction of sp³-hybridized carbons (Fsp3) is 0.136. The van der Waals surface area contributed by atoms with Crippen molar-refractivity contribution in [3.8, 4) is 0 Å². The molecule has 9 heteroatoms. The number of carbonyl (C=O) groups is 2. The molecule has 0 radical (unpaired) electrons. The van der Waals surface area contributed by atoms with E-state index in [0.717, 1.165) is 4.57 Å². The van der Waals surface area contributed by atoms with Gasteiger partial charge in [-0.05, 0) is 12.1 Å². The number of aromatic nitrogens is 4. The van der Waals surface area contributed by atoms with E-state index in [4.69, 9.17) is 0 Å². The molecule has 0 aliphatic rings. The normalized spacial score (nSPS) is 11.9. The van der Waals surface area contributed by atoms with E-state index in [1.807, 2.05) is 0 Å². The number of hydrogen-bond donors (Lipinski definition) is 1. The highest BCUT2D eigenvalue weighted by Gasteiger charge is 2.32. The largest absolute Gasteiger partial charge is 0.332 e. The summed E-state index contributed by atoms with van der Waals surface area (Å²) >= 11 is 0. The predicted octanol–water partition coefficient (Wildman–Crippen LogP) is 1.50. The van der Waals surface area contributed by atoms with Gasteiger partial charge in [-0.25, -0.2) is 9.78 Å². The molecule has 0 spiro atoms. The Labute approximate surface area is 176 Å². The molecule has 0 bridgehead atoms. The number of amides is 1. The maximum Gasteiger partial charge on any atom is 0.332 e. The molecule has 4 aromatic rings. The average molecular weight is 417 g/mol. The molecule has 1 amide bonds. The molecule has 0 aliphatic carbocycles. The topological polar surface area (TPSA) is 108 Å². The lowest BCUT2D eigenvalue weighted by molar-refractivity contribution is -0.118. The minimum absolute atomic E-state index is 0.0120. The van der Waals surface area contributed by atoms with Crippen LogP contribution in [0.25, 0.3) is 11.2 Å². The van der Waals surface area contributed by atoms with Crippen LogP contribution in [-0.2, 0) is 18.9 Å². The van der Waals surface area contributed by atoms with Gasteiger partial charge in [0.2, 0.25) is 0 Å². The summed E-state index contributed by atoms with van der Waals surface area (Å²) < 4.78 is 3.34. The van der Waals surface area contributed by atoms with Crippen LogP contribution in [-0.4, -0.2) is 30.4 Å². The number of anilines is 1. The van der Waals surface area contributed by atoms with Crippen molar-refractivity contribution in [2.75, 3.05) is 5.32 Å². The second-order valence-corrected chi connectivity index (χ2v) is 7.02. The minimum Gasteiger partial charge on any atom is -0.324 e. The van der Waals surface area contributed by atoms with Crippen LogP contribution in [0.3, 0.4) is 0 Å². The Balaban J connectivity index is 1.91. The van der Waals surface area contributed by atoms with Crippen LogP contribution >= 0.6 is 0 Å². The van der Waals surface area contributed by atoms with Gasteiger partial charge >= 0.3 is 5.69 Å². The number of Topliss-reactive ketones (excluding diaryl/α,β-unsaturated/α-hetero) is 1. The van der Waals surface area contributed by atoms with Gasteiger partial charge in [-0.2, -0.15) is 0 Å². The molecule has 0 saturated heterocycles. The quantitative estimate of drug-likeness (QED) is 0.391. The third-order valence-electron chi connectivity index (χ3n) is 5.05. The second kappa shape index (κ2) is 7.86. The number of ketones is 1. The van der Waals surface area contributed by atoms with Crippen LogP contribution in [0.2, 0.25) is 0 Å². The number of imidazole rings is 1. The van der Waals surface area contributed by atoms with Crippen LogP contribution in [0.4, 0.5) is 5.69 Å². The molecular weight excluding hydrogens is 398 g/mol. The summed E-state index contributed by atoms with van der Waals surface area (Å²) in [5.41, 5.74) is -0.313. The van der Waals surface area contributed by atoms with E-state index in [1.54, 1.807) is 60.7 Å². The maximum absolute atomic E-state index is 13.4. The Morgan fingerprint density at radius 3 is 2.16 bits per heavy atom. The first-order valence-electron chi connectivity index (χ1n) is 9.48. The van der Waals surface area contributed by atoms with Gasteiger partial charge in [0.25, 0.3) is 11.5 Å². The molecule has 1 atom stereocenters. The zero-order valence-electron chi connectivity index (χ0n) is 16.9. The minimum atomic E-state index is -1.40. The van der Waals surface area contributed by atoms with E-state index < -0.39 is 29.0 Å². The summed E-state index contributed by atoms with van der Waals surface area (Å²) in [4.78, 5) is 55.9. The van der Waals surface area contributed by atoms with Crippen molar-refractivity contribution in [1.82, 2.24) is 18.7 Å². The summed E-state index contributed by atoms with van der Waals surface area (Å²) in [5, 5.41) is 2.72. The molecule has 9 nitrogen and oxygen atoms in total. The van der Waals surface area contributed by atoms with Gasteiger partial charge in [0.1, 0.15) is 0 Å². The molecule has 0 fully saturated rings. The molecule has 31 heavy (non-hydrogen) atoms. The molecule has 4 rings (SSSR count). The number of fused-ring (bicyclic) bond motifs is 1. The summed E-state index contributed by atoms with van der Waals surface area (Å²) in [7, 11) is 2.80. The number of carbonyl (C=O) groups excluding carboxylic acids is 2. The fourth-order valence-electron chi connectivity index (χ4n) is 3.42. The zero-order valence-corrected chi connectivity index (χ0v) is 16.9. The highest BCUT2D eigenvalue weighted by Crippen LogP contribution is 2.21. The van der Waals surface area contributed by atoms with E-state index in [0.29, 0.717) is 11.3 Å². The van der Waals surface area contributed by atoms with E-state index in [-0.39, 0.29) is 11.2 Å². The summed E-state index contributed by atoms with van der Waals surface area (Å²) in [5.74, 6) is -1.14. The van der Waals surface area contributed by atoms with E-state index in [9.17, 15) is 19.2 Å². The van der Waals surface area contributed by atoms with Crippen LogP contribution in [0, 0.1) is 0 Å². The van der Waals surface area contributed by atoms with Crippen molar-refractivity contribution >= 4 is 28.5 Å². The molecular formula is C22H19N5O4. The predicted molar refractivity (Wildman–Crippen MR) is 115 cm³/mol. The SMILES string of the molecule is Cn1c(=O)c2c(ncn2C(C(=O)Nc2ccccc2)C(=O)c2ccccc2)n(C)c1=O. The van der Waals surface area contributed by atoms with Crippen molar-refractivity contribution in [1.29, 1.82) is 0 Å². The number of benzene rings is 2. The Morgan fingerprint density at radius 1 is 0.903 bits per heavy atom. The third-order valence-corrected chi connectivity index (χ3v) is 5.05. The van der Waals surface area contributed by atoms with E-state index >= 15 is 0 Å². The standard InChI is InChI=1S/C22H19N5O4/c1-25-19-17(21(30)26(2)22(25)31)27(13-23-19)16(18(28)14-9-5-3-6-10-14)20(29)24-15-11-7-4-8-12-15/h3-13,16H,1-2H3,(H,24,29). The van der Waals surface area contributed by atoms with Crippen molar-refractivity contribution in [2.45, 2.75) is 6.04 Å². The number of para-hydroxylation sites is 1. The Hall–Kier alpha value is -4.27. The third kappa shape index (κ3) is 3.46. The Morgan fingerprint density at radius 2 is 1.52 bits per heavy atom. The first-order chi connectivity index (χ1) is 14.9. The summed E-state index contributed by atoms with van der Waals surface area (Å²) in [6.07, 6.45) is 1.24. The molecule has 0 saturated carbocycles. The summed E-state index contributed by atoms with van der Waals surface area (Å²) in [6.45, 7) is 0. The number of rotatable bonds is 5. The molecule has 156 valence electrons. The lowest BCUT2D eigenvalue weighted by atomic mass is 10.0. The number of hydrogen-bond acceptors (Lipinski definition) is 5. The van der Waals surface area contributed by atoms with Gasteiger partial charge in [0, 0.05) is 25.3 Å². The molecule has 2 aromatic heterocycles. The Bertz CT molecular complexity index is 1400. The molecule has 0 aliphatic heterocycles. The maximum atomic E-state index is 13.4. The van der Waals surface area contributed by atoms with Crippen molar-refractivity contribution in [3.63, 3.8) is 0 Å². The lowest BCUT2D eigenvalue weighted by Gasteiger charge is -2.18. The molecule has 1 N–H and O–H groups in total. The highest BCUT2D eigenvalue weighted by molar-refractivity contribution is 6.15. The zero-order chi connectivity index (χ0) is 22.1. The smallest absolute Gasteiger partial charge is 0.324 e. The van der Waals surface area contributed by atoms with E-state index in [1.165, 1.54) is 29.6 Å². The van der Waals surface area contributed by atoms with Gasteiger partial charge in [-0.1, -0.05) is 48.5 Å². The first kappa shape index (κ1) is 20.0. The van der Waals surface area contributed by atoms with E-state index in [2.05, 4.69) is 10.3 Å². The fourth-order valence-corrected chi connectivity index (χ4v) is 3.42. The number of nitrogens with zero attached hydrogens (tertiary/aromatic N) is 4.